The van der Waals surface area contributed by atoms with Gasteiger partial charge in [-0.05, 0) is 67.6 Å². The predicted octanol–water partition coefficient (Wildman–Crippen LogP) is 6.59. The lowest BCUT2D eigenvalue weighted by Gasteiger charge is -2.01. The summed E-state index contributed by atoms with van der Waals surface area (Å²) >= 11 is 8.87. The van der Waals surface area contributed by atoms with Gasteiger partial charge in [0.05, 0.1) is 10.6 Å². The molecule has 4 nitrogen and oxygen atoms in total. The van der Waals surface area contributed by atoms with Crippen molar-refractivity contribution < 1.29 is 9.21 Å². The van der Waals surface area contributed by atoms with Crippen molar-refractivity contribution in [2.45, 2.75) is 23.8 Å². The maximum Gasteiger partial charge on any atom is 0.264 e. The fourth-order valence-electron chi connectivity index (χ4n) is 2.61. The molecule has 2 heterocycles. The van der Waals surface area contributed by atoms with Crippen LogP contribution in [0.25, 0.3) is 6.08 Å². The summed E-state index contributed by atoms with van der Waals surface area (Å²) in [6.45, 7) is 4.01. The number of aliphatic imine (C=N–C) groups is 1. The molecule has 4 rings (SSSR count). The number of amidine groups is 1. The van der Waals surface area contributed by atoms with Crippen LogP contribution in [0.2, 0.25) is 5.02 Å². The molecule has 0 aliphatic carbocycles. The van der Waals surface area contributed by atoms with Crippen LogP contribution in [-0.4, -0.2) is 11.1 Å². The lowest BCUT2D eigenvalue weighted by molar-refractivity contribution is -0.115. The summed E-state index contributed by atoms with van der Waals surface area (Å²) in [5, 5.41) is 4.68. The molecule has 0 spiro atoms. The number of nitrogens with zero attached hydrogens (tertiary/aromatic N) is 1. The van der Waals surface area contributed by atoms with E-state index in [4.69, 9.17) is 16.0 Å². The summed E-state index contributed by atoms with van der Waals surface area (Å²) in [6.07, 6.45) is 1.73. The SMILES string of the molecule is Cc1ccc(Sc2ccc(/C=C3\SC(=Nc4cc(Cl)ccc4C)NC3=O)o2)cc1. The molecule has 1 aromatic heterocycles. The Hall–Kier alpha value is -2.41. The topological polar surface area (TPSA) is 54.6 Å². The van der Waals surface area contributed by atoms with Crippen LogP contribution >= 0.6 is 35.1 Å². The largest absolute Gasteiger partial charge is 0.450 e. The Bertz CT molecular complexity index is 1130. The van der Waals surface area contributed by atoms with Crippen molar-refractivity contribution >= 4 is 58.0 Å². The Morgan fingerprint density at radius 3 is 2.69 bits per heavy atom. The Labute approximate surface area is 182 Å². The predicted molar refractivity (Wildman–Crippen MR) is 121 cm³/mol. The average molecular weight is 441 g/mol. The number of carbonyl (C=O) groups excluding carboxylic acids is 1. The zero-order chi connectivity index (χ0) is 20.4. The summed E-state index contributed by atoms with van der Waals surface area (Å²) in [5.74, 6) is 0.426. The van der Waals surface area contributed by atoms with Gasteiger partial charge in [0.25, 0.3) is 5.91 Å². The van der Waals surface area contributed by atoms with Crippen LogP contribution < -0.4 is 5.32 Å². The minimum Gasteiger partial charge on any atom is -0.450 e. The summed E-state index contributed by atoms with van der Waals surface area (Å²) < 4.78 is 5.85. The maximum atomic E-state index is 12.3. The molecule has 3 aromatic rings. The van der Waals surface area contributed by atoms with Crippen LogP contribution in [0.5, 0.6) is 0 Å². The van der Waals surface area contributed by atoms with E-state index >= 15 is 0 Å². The van der Waals surface area contributed by atoms with Crippen molar-refractivity contribution in [3.05, 3.63) is 81.4 Å². The number of aryl methyl sites for hydroxylation is 2. The number of furan rings is 1. The van der Waals surface area contributed by atoms with Crippen LogP contribution in [-0.2, 0) is 4.79 Å². The van der Waals surface area contributed by atoms with Crippen LogP contribution in [0, 0.1) is 13.8 Å². The number of rotatable bonds is 4. The molecular weight excluding hydrogens is 424 g/mol. The Morgan fingerprint density at radius 2 is 1.90 bits per heavy atom. The third-order valence-corrected chi connectivity index (χ3v) is 6.23. The van der Waals surface area contributed by atoms with E-state index in [0.717, 1.165) is 21.2 Å². The molecule has 146 valence electrons. The molecule has 1 amide bonds. The highest BCUT2D eigenvalue weighted by Crippen LogP contribution is 2.33. The van der Waals surface area contributed by atoms with E-state index in [9.17, 15) is 4.79 Å². The molecule has 0 bridgehead atoms. The molecule has 1 saturated heterocycles. The minimum absolute atomic E-state index is 0.197. The van der Waals surface area contributed by atoms with E-state index < -0.39 is 0 Å². The van der Waals surface area contributed by atoms with Gasteiger partial charge in [0.1, 0.15) is 5.76 Å². The lowest BCUT2D eigenvalue weighted by Crippen LogP contribution is -2.19. The Kier molecular flexibility index (Phi) is 5.85. The smallest absolute Gasteiger partial charge is 0.264 e. The van der Waals surface area contributed by atoms with E-state index in [-0.39, 0.29) is 5.91 Å². The number of hydrogen-bond donors (Lipinski definition) is 1. The van der Waals surface area contributed by atoms with Crippen LogP contribution in [0.4, 0.5) is 5.69 Å². The zero-order valence-electron chi connectivity index (χ0n) is 15.7. The minimum atomic E-state index is -0.197. The van der Waals surface area contributed by atoms with Crippen LogP contribution in [0.15, 0.2) is 78.9 Å². The summed E-state index contributed by atoms with van der Waals surface area (Å²) in [6, 6.07) is 17.5. The van der Waals surface area contributed by atoms with Crippen molar-refractivity contribution in [2.75, 3.05) is 0 Å². The van der Waals surface area contributed by atoms with Gasteiger partial charge >= 0.3 is 0 Å². The normalized spacial score (nSPS) is 16.6. The second-order valence-electron chi connectivity index (χ2n) is 6.48. The zero-order valence-corrected chi connectivity index (χ0v) is 18.1. The molecule has 29 heavy (non-hydrogen) atoms. The second-order valence-corrected chi connectivity index (χ2v) is 9.03. The summed E-state index contributed by atoms with van der Waals surface area (Å²) in [7, 11) is 0. The highest BCUT2D eigenvalue weighted by molar-refractivity contribution is 8.18. The molecule has 1 N–H and O–H groups in total. The van der Waals surface area contributed by atoms with Gasteiger partial charge in [-0.3, -0.25) is 4.79 Å². The van der Waals surface area contributed by atoms with E-state index in [2.05, 4.69) is 41.5 Å². The van der Waals surface area contributed by atoms with Crippen LogP contribution in [0.1, 0.15) is 16.9 Å². The number of hydrogen-bond acceptors (Lipinski definition) is 5. The number of halogens is 1. The van der Waals surface area contributed by atoms with Gasteiger partial charge in [-0.15, -0.1) is 0 Å². The molecule has 0 radical (unpaired) electrons. The molecule has 7 heteroatoms. The van der Waals surface area contributed by atoms with E-state index in [0.29, 0.717) is 20.9 Å². The Balaban J connectivity index is 1.49. The van der Waals surface area contributed by atoms with E-state index in [1.807, 2.05) is 31.2 Å². The average Bonchev–Trinajstić information content (AvgIpc) is 3.27. The van der Waals surface area contributed by atoms with E-state index in [1.165, 1.54) is 17.3 Å². The van der Waals surface area contributed by atoms with Crippen LogP contribution in [0.3, 0.4) is 0 Å². The fraction of sp³-hybridized carbons (Fsp3) is 0.0909. The fourth-order valence-corrected chi connectivity index (χ4v) is 4.37. The van der Waals surface area contributed by atoms with Crippen molar-refractivity contribution in [3.63, 3.8) is 0 Å². The van der Waals surface area contributed by atoms with Gasteiger partial charge in [-0.2, -0.15) is 0 Å². The van der Waals surface area contributed by atoms with Gasteiger partial charge < -0.3 is 9.73 Å². The first-order chi connectivity index (χ1) is 14.0. The molecule has 1 fully saturated rings. The van der Waals surface area contributed by atoms with Gasteiger partial charge in [0.15, 0.2) is 10.3 Å². The quantitative estimate of drug-likeness (QED) is 0.465. The molecule has 2 aromatic carbocycles. The van der Waals surface area contributed by atoms with Gasteiger partial charge in [-0.1, -0.05) is 47.1 Å². The first kappa shape index (κ1) is 19.9. The summed E-state index contributed by atoms with van der Waals surface area (Å²) in [4.78, 5) is 18.5. The van der Waals surface area contributed by atoms with Crippen molar-refractivity contribution in [3.8, 4) is 0 Å². The first-order valence-corrected chi connectivity index (χ1v) is 10.9. The van der Waals surface area contributed by atoms with Gasteiger partial charge in [0, 0.05) is 16.0 Å². The molecule has 0 saturated carbocycles. The number of nitrogens with one attached hydrogen (secondary N) is 1. The molecular formula is C22H17ClN2O2S2. The highest BCUT2D eigenvalue weighted by Gasteiger charge is 2.24. The Morgan fingerprint density at radius 1 is 1.10 bits per heavy atom. The van der Waals surface area contributed by atoms with Crippen molar-refractivity contribution in [2.24, 2.45) is 4.99 Å². The number of thioether (sulfide) groups is 1. The second kappa shape index (κ2) is 8.53. The molecule has 0 atom stereocenters. The standard InChI is InChI=1S/C22H17ClN2O2S2/c1-13-3-8-17(9-4-13)28-20-10-7-16(27-20)12-19-21(26)25-22(29-19)24-18-11-15(23)6-5-14(18)2/h3-12H,1-2H3,(H,24,25,26)/b19-12-. The van der Waals surface area contributed by atoms with Crippen molar-refractivity contribution in [1.29, 1.82) is 0 Å². The molecule has 1 aliphatic heterocycles. The van der Waals surface area contributed by atoms with Gasteiger partial charge in [-0.25, -0.2) is 4.99 Å². The highest BCUT2D eigenvalue weighted by atomic mass is 35.5. The number of benzene rings is 2. The first-order valence-electron chi connectivity index (χ1n) is 8.86. The number of carbonyl (C=O) groups is 1. The van der Waals surface area contributed by atoms with Crippen molar-refractivity contribution in [1.82, 2.24) is 5.32 Å². The van der Waals surface area contributed by atoms with Gasteiger partial charge in [0.2, 0.25) is 0 Å². The summed E-state index contributed by atoms with van der Waals surface area (Å²) in [5.41, 5.74) is 2.93. The van der Waals surface area contributed by atoms with E-state index in [1.54, 1.807) is 23.9 Å². The third kappa shape index (κ3) is 4.96. The maximum absolute atomic E-state index is 12.3. The monoisotopic (exact) mass is 440 g/mol. The molecule has 1 aliphatic rings. The third-order valence-electron chi connectivity index (χ3n) is 4.16. The molecule has 0 unspecified atom stereocenters. The number of amides is 1. The lowest BCUT2D eigenvalue weighted by atomic mass is 10.2.